The van der Waals surface area contributed by atoms with Crippen molar-refractivity contribution in [2.45, 2.75) is 51.2 Å². The number of aryl methyl sites for hydroxylation is 1. The number of carbonyl (C=O) groups is 1. The van der Waals surface area contributed by atoms with Crippen molar-refractivity contribution in [2.75, 3.05) is 6.54 Å². The molecule has 1 heterocycles. The van der Waals surface area contributed by atoms with Gasteiger partial charge in [0.1, 0.15) is 17.1 Å². The van der Waals surface area contributed by atoms with Gasteiger partial charge in [0.15, 0.2) is 0 Å². The van der Waals surface area contributed by atoms with E-state index in [1.807, 2.05) is 6.92 Å². The molecule has 0 bridgehead atoms. The fourth-order valence-electron chi connectivity index (χ4n) is 2.80. The number of rotatable bonds is 6. The van der Waals surface area contributed by atoms with Crippen LogP contribution in [0.1, 0.15) is 44.1 Å². The molecule has 1 unspecified atom stereocenters. The Bertz CT molecular complexity index is 503. The van der Waals surface area contributed by atoms with E-state index in [0.29, 0.717) is 23.6 Å². The summed E-state index contributed by atoms with van der Waals surface area (Å²) in [6.45, 7) is 3.61. The Hall–Kier alpha value is -1.49. The molecular weight excluding hydrogens is 268 g/mol. The van der Waals surface area contributed by atoms with Crippen LogP contribution in [0.25, 0.3) is 0 Å². The van der Waals surface area contributed by atoms with E-state index < -0.39 is 5.60 Å². The number of amides is 2. The van der Waals surface area contributed by atoms with Gasteiger partial charge < -0.3 is 20.2 Å². The first kappa shape index (κ1) is 14.4. The van der Waals surface area contributed by atoms with Gasteiger partial charge >= 0.3 is 6.03 Å². The number of nitrogens with one attached hydrogen (secondary N) is 2. The maximum atomic E-state index is 12.0. The molecule has 2 aliphatic carbocycles. The number of furan rings is 1. The van der Waals surface area contributed by atoms with Gasteiger partial charge in [-0.05, 0) is 63.5 Å². The van der Waals surface area contributed by atoms with Crippen molar-refractivity contribution < 1.29 is 14.3 Å². The molecule has 21 heavy (non-hydrogen) atoms. The lowest BCUT2D eigenvalue weighted by molar-refractivity contribution is 0.0358. The van der Waals surface area contributed by atoms with E-state index >= 15 is 0 Å². The zero-order valence-electron chi connectivity index (χ0n) is 12.7. The van der Waals surface area contributed by atoms with Crippen LogP contribution in [0.4, 0.5) is 4.79 Å². The topological polar surface area (TPSA) is 74.5 Å². The van der Waals surface area contributed by atoms with Crippen LogP contribution in [0.2, 0.25) is 0 Å². The zero-order chi connectivity index (χ0) is 15.0. The lowest BCUT2D eigenvalue weighted by Gasteiger charge is -2.23. The molecule has 3 rings (SSSR count). The van der Waals surface area contributed by atoms with Crippen LogP contribution < -0.4 is 10.6 Å². The summed E-state index contributed by atoms with van der Waals surface area (Å²) in [7, 11) is 0. The van der Waals surface area contributed by atoms with Gasteiger partial charge in [0.05, 0.1) is 6.54 Å². The molecule has 5 nitrogen and oxygen atoms in total. The minimum Gasteiger partial charge on any atom is -0.463 e. The highest BCUT2D eigenvalue weighted by Gasteiger charge is 2.42. The van der Waals surface area contributed by atoms with Crippen molar-refractivity contribution in [3.05, 3.63) is 23.7 Å². The summed E-state index contributed by atoms with van der Waals surface area (Å²) in [5.41, 5.74) is -1.19. The Balaban J connectivity index is 1.50. The summed E-state index contributed by atoms with van der Waals surface area (Å²) >= 11 is 0. The van der Waals surface area contributed by atoms with Crippen LogP contribution in [0, 0.1) is 18.8 Å². The molecule has 2 fully saturated rings. The number of hydrogen-bond donors (Lipinski definition) is 3. The van der Waals surface area contributed by atoms with E-state index in [1.165, 1.54) is 25.7 Å². The minimum absolute atomic E-state index is 0.133. The molecular formula is C16H24N2O3. The third-order valence-corrected chi connectivity index (χ3v) is 4.42. The van der Waals surface area contributed by atoms with Gasteiger partial charge in [0.25, 0.3) is 0 Å². The maximum absolute atomic E-state index is 12.0. The van der Waals surface area contributed by atoms with E-state index in [2.05, 4.69) is 10.6 Å². The van der Waals surface area contributed by atoms with E-state index in [0.717, 1.165) is 5.76 Å². The predicted octanol–water partition coefficient (Wildman–Crippen LogP) is 2.28. The first-order chi connectivity index (χ1) is 9.95. The summed E-state index contributed by atoms with van der Waals surface area (Å²) in [5, 5.41) is 16.2. The predicted molar refractivity (Wildman–Crippen MR) is 78.8 cm³/mol. The molecule has 116 valence electrons. The number of urea groups is 1. The van der Waals surface area contributed by atoms with E-state index in [4.69, 9.17) is 4.42 Å². The number of aliphatic hydroxyl groups is 1. The van der Waals surface area contributed by atoms with Crippen molar-refractivity contribution >= 4 is 6.03 Å². The molecule has 1 aromatic rings. The molecule has 0 aromatic carbocycles. The quantitative estimate of drug-likeness (QED) is 0.753. The summed E-state index contributed by atoms with van der Waals surface area (Å²) in [5.74, 6) is 2.55. The van der Waals surface area contributed by atoms with Gasteiger partial charge in [-0.2, -0.15) is 0 Å². The third kappa shape index (κ3) is 3.59. The Labute approximate surface area is 125 Å². The Morgan fingerprint density at radius 2 is 2.00 bits per heavy atom. The molecule has 5 heteroatoms. The Morgan fingerprint density at radius 3 is 2.48 bits per heavy atom. The normalized spacial score (nSPS) is 21.1. The second kappa shape index (κ2) is 5.37. The van der Waals surface area contributed by atoms with Crippen molar-refractivity contribution in [3.63, 3.8) is 0 Å². The maximum Gasteiger partial charge on any atom is 0.315 e. The standard InChI is InChI=1S/C16H24N2O3/c1-10-3-8-13(21-10)16(2,20)9-17-15(19)18-14(11-4-5-11)12-6-7-12/h3,8,11-12,14,20H,4-7,9H2,1-2H3,(H2,17,18,19). The highest BCUT2D eigenvalue weighted by Crippen LogP contribution is 2.44. The van der Waals surface area contributed by atoms with Crippen LogP contribution in [-0.4, -0.2) is 23.7 Å². The Kier molecular flexibility index (Phi) is 3.69. The van der Waals surface area contributed by atoms with Crippen LogP contribution in [0.15, 0.2) is 16.5 Å². The van der Waals surface area contributed by atoms with Gasteiger partial charge in [0.2, 0.25) is 0 Å². The number of hydrogen-bond acceptors (Lipinski definition) is 3. The third-order valence-electron chi connectivity index (χ3n) is 4.42. The van der Waals surface area contributed by atoms with Gasteiger partial charge in [-0.1, -0.05) is 0 Å². The van der Waals surface area contributed by atoms with E-state index in [1.54, 1.807) is 19.1 Å². The Morgan fingerprint density at radius 1 is 1.38 bits per heavy atom. The monoisotopic (exact) mass is 292 g/mol. The van der Waals surface area contributed by atoms with Crippen LogP contribution >= 0.6 is 0 Å². The molecule has 2 aliphatic rings. The van der Waals surface area contributed by atoms with Gasteiger partial charge in [-0.15, -0.1) is 0 Å². The van der Waals surface area contributed by atoms with Crippen molar-refractivity contribution in [1.82, 2.24) is 10.6 Å². The highest BCUT2D eigenvalue weighted by atomic mass is 16.4. The molecule has 0 aliphatic heterocycles. The molecule has 3 N–H and O–H groups in total. The second-order valence-electron chi connectivity index (χ2n) is 6.71. The van der Waals surface area contributed by atoms with Gasteiger partial charge in [-0.3, -0.25) is 0 Å². The van der Waals surface area contributed by atoms with E-state index in [9.17, 15) is 9.90 Å². The molecule has 0 saturated heterocycles. The van der Waals surface area contributed by atoms with Crippen molar-refractivity contribution in [1.29, 1.82) is 0 Å². The van der Waals surface area contributed by atoms with Gasteiger partial charge in [-0.25, -0.2) is 4.79 Å². The molecule has 0 spiro atoms. The highest BCUT2D eigenvalue weighted by molar-refractivity contribution is 5.74. The lowest BCUT2D eigenvalue weighted by atomic mass is 10.0. The largest absolute Gasteiger partial charge is 0.463 e. The molecule has 0 radical (unpaired) electrons. The second-order valence-corrected chi connectivity index (χ2v) is 6.71. The average molecular weight is 292 g/mol. The minimum atomic E-state index is -1.19. The van der Waals surface area contributed by atoms with E-state index in [-0.39, 0.29) is 12.6 Å². The van der Waals surface area contributed by atoms with Crippen LogP contribution in [0.3, 0.4) is 0 Å². The van der Waals surface area contributed by atoms with Gasteiger partial charge in [0, 0.05) is 6.04 Å². The summed E-state index contributed by atoms with van der Waals surface area (Å²) in [6.07, 6.45) is 4.91. The SMILES string of the molecule is Cc1ccc(C(C)(O)CNC(=O)NC(C2CC2)C2CC2)o1. The number of carbonyl (C=O) groups excluding carboxylic acids is 1. The summed E-state index contributed by atoms with van der Waals surface area (Å²) in [4.78, 5) is 12.0. The lowest BCUT2D eigenvalue weighted by Crippen LogP contribution is -2.48. The summed E-state index contributed by atoms with van der Waals surface area (Å²) in [6, 6.07) is 3.68. The molecule has 1 aromatic heterocycles. The summed E-state index contributed by atoms with van der Waals surface area (Å²) < 4.78 is 5.44. The zero-order valence-corrected chi connectivity index (χ0v) is 12.7. The molecule has 2 saturated carbocycles. The van der Waals surface area contributed by atoms with Crippen LogP contribution in [0.5, 0.6) is 0 Å². The first-order valence-electron chi connectivity index (χ1n) is 7.79. The average Bonchev–Trinajstić information content (AvgIpc) is 3.33. The molecule has 1 atom stereocenters. The van der Waals surface area contributed by atoms with Crippen molar-refractivity contribution in [3.8, 4) is 0 Å². The smallest absolute Gasteiger partial charge is 0.315 e. The fourth-order valence-corrected chi connectivity index (χ4v) is 2.80. The van der Waals surface area contributed by atoms with Crippen molar-refractivity contribution in [2.24, 2.45) is 11.8 Å². The molecule has 2 amide bonds. The first-order valence-corrected chi connectivity index (χ1v) is 7.79. The fraction of sp³-hybridized carbons (Fsp3) is 0.688. The van der Waals surface area contributed by atoms with Crippen LogP contribution in [-0.2, 0) is 5.60 Å².